The Kier molecular flexibility index (Phi) is 5.93. The number of alkyl halides is 3. The lowest BCUT2D eigenvalue weighted by Gasteiger charge is -2.14. The molecule has 172 valence electrons. The maximum atomic E-state index is 13.3. The van der Waals surface area contributed by atoms with Gasteiger partial charge in [-0.15, -0.1) is 0 Å². The van der Waals surface area contributed by atoms with Crippen LogP contribution in [0.1, 0.15) is 21.5 Å². The number of nitrogens with one attached hydrogen (secondary N) is 1. The van der Waals surface area contributed by atoms with Crippen molar-refractivity contribution in [2.75, 3.05) is 5.32 Å². The second kappa shape index (κ2) is 8.86. The third-order valence-electron chi connectivity index (χ3n) is 5.12. The minimum atomic E-state index is -4.55. The molecule has 0 unspecified atom stereocenters. The number of para-hydroxylation sites is 1. The molecular weight excluding hydrogens is 447 g/mol. The summed E-state index contributed by atoms with van der Waals surface area (Å²) in [6.45, 7) is 1.35. The van der Waals surface area contributed by atoms with E-state index in [0.29, 0.717) is 22.2 Å². The standard InChI is InChI=1S/C25H18F3N3O3/c1-14-6-9-17(13-20(14)25(26,27)28)30-23(32)19-12-16-4-2-3-5-21(16)31-22(19)15-7-10-18(11-8-15)34-24(29)33/h2-13H,1H3,(H2,29,33)(H,30,32). The van der Waals surface area contributed by atoms with Crippen LogP contribution < -0.4 is 15.8 Å². The van der Waals surface area contributed by atoms with Gasteiger partial charge in [-0.25, -0.2) is 9.78 Å². The molecule has 0 spiro atoms. The first-order chi connectivity index (χ1) is 16.1. The highest BCUT2D eigenvalue weighted by molar-refractivity contribution is 6.10. The van der Waals surface area contributed by atoms with Crippen LogP contribution >= 0.6 is 0 Å². The quantitative estimate of drug-likeness (QED) is 0.390. The van der Waals surface area contributed by atoms with Crippen molar-refractivity contribution in [3.05, 3.63) is 89.5 Å². The van der Waals surface area contributed by atoms with E-state index in [1.807, 2.05) is 0 Å². The molecule has 34 heavy (non-hydrogen) atoms. The third-order valence-corrected chi connectivity index (χ3v) is 5.12. The molecule has 1 heterocycles. The summed E-state index contributed by atoms with van der Waals surface area (Å²) in [7, 11) is 0. The Labute approximate surface area is 192 Å². The van der Waals surface area contributed by atoms with Gasteiger partial charge in [0.2, 0.25) is 0 Å². The van der Waals surface area contributed by atoms with E-state index in [-0.39, 0.29) is 22.6 Å². The molecule has 0 aliphatic carbocycles. The monoisotopic (exact) mass is 465 g/mol. The number of carbonyl (C=O) groups is 2. The van der Waals surface area contributed by atoms with Gasteiger partial charge in [0.05, 0.1) is 22.3 Å². The lowest BCUT2D eigenvalue weighted by atomic mass is 10.0. The molecule has 0 saturated carbocycles. The molecule has 0 saturated heterocycles. The van der Waals surface area contributed by atoms with E-state index in [0.717, 1.165) is 6.07 Å². The summed E-state index contributed by atoms with van der Waals surface area (Å²) in [6, 6.07) is 18.6. The molecule has 1 aromatic heterocycles. The number of nitrogens with two attached hydrogens (primary N) is 1. The van der Waals surface area contributed by atoms with Crippen LogP contribution in [0.4, 0.5) is 23.7 Å². The van der Waals surface area contributed by atoms with Crippen LogP contribution in [-0.2, 0) is 6.18 Å². The van der Waals surface area contributed by atoms with Crippen LogP contribution in [-0.4, -0.2) is 17.0 Å². The normalized spacial score (nSPS) is 11.3. The second-order valence-corrected chi connectivity index (χ2v) is 7.50. The average Bonchev–Trinajstić information content (AvgIpc) is 2.79. The number of aromatic nitrogens is 1. The number of halogens is 3. The lowest BCUT2D eigenvalue weighted by molar-refractivity contribution is -0.138. The van der Waals surface area contributed by atoms with E-state index in [1.165, 1.54) is 31.2 Å². The number of anilines is 1. The molecule has 2 amide bonds. The first-order valence-electron chi connectivity index (χ1n) is 10.1. The molecule has 4 rings (SSSR count). The molecule has 3 aromatic carbocycles. The Bertz CT molecular complexity index is 1400. The zero-order valence-corrected chi connectivity index (χ0v) is 17.8. The summed E-state index contributed by atoms with van der Waals surface area (Å²) in [5.41, 5.74) is 5.89. The zero-order chi connectivity index (χ0) is 24.5. The first-order valence-corrected chi connectivity index (χ1v) is 10.1. The Morgan fingerprint density at radius 1 is 0.971 bits per heavy atom. The van der Waals surface area contributed by atoms with Crippen molar-refractivity contribution in [1.29, 1.82) is 0 Å². The molecule has 3 N–H and O–H groups in total. The highest BCUT2D eigenvalue weighted by Gasteiger charge is 2.32. The summed E-state index contributed by atoms with van der Waals surface area (Å²) >= 11 is 0. The highest BCUT2D eigenvalue weighted by atomic mass is 19.4. The van der Waals surface area contributed by atoms with Crippen LogP contribution in [0.25, 0.3) is 22.2 Å². The van der Waals surface area contributed by atoms with Gasteiger partial charge in [0.1, 0.15) is 5.75 Å². The van der Waals surface area contributed by atoms with Gasteiger partial charge in [0.25, 0.3) is 5.91 Å². The number of primary amides is 1. The number of nitrogens with zero attached hydrogens (tertiary/aromatic N) is 1. The van der Waals surface area contributed by atoms with Gasteiger partial charge in [0.15, 0.2) is 0 Å². The highest BCUT2D eigenvalue weighted by Crippen LogP contribution is 2.34. The Balaban J connectivity index is 1.76. The van der Waals surface area contributed by atoms with Crippen molar-refractivity contribution in [3.8, 4) is 17.0 Å². The van der Waals surface area contributed by atoms with Crippen molar-refractivity contribution in [2.24, 2.45) is 5.73 Å². The fourth-order valence-corrected chi connectivity index (χ4v) is 3.51. The Morgan fingerprint density at radius 2 is 1.68 bits per heavy atom. The van der Waals surface area contributed by atoms with Gasteiger partial charge in [-0.05, 0) is 61.0 Å². The molecular formula is C25H18F3N3O3. The van der Waals surface area contributed by atoms with Gasteiger partial charge in [-0.3, -0.25) is 4.79 Å². The average molecular weight is 465 g/mol. The minimum Gasteiger partial charge on any atom is -0.411 e. The van der Waals surface area contributed by atoms with Crippen LogP contribution in [0.5, 0.6) is 5.75 Å². The van der Waals surface area contributed by atoms with E-state index < -0.39 is 23.7 Å². The van der Waals surface area contributed by atoms with Crippen molar-refractivity contribution in [2.45, 2.75) is 13.1 Å². The number of fused-ring (bicyclic) bond motifs is 1. The zero-order valence-electron chi connectivity index (χ0n) is 17.8. The number of amides is 2. The Hall–Kier alpha value is -4.40. The number of benzene rings is 3. The fourth-order valence-electron chi connectivity index (χ4n) is 3.51. The van der Waals surface area contributed by atoms with Gasteiger partial charge < -0.3 is 15.8 Å². The van der Waals surface area contributed by atoms with Gasteiger partial charge in [-0.1, -0.05) is 24.3 Å². The third kappa shape index (κ3) is 4.83. The molecule has 0 aliphatic heterocycles. The predicted molar refractivity (Wildman–Crippen MR) is 122 cm³/mol. The number of carbonyl (C=O) groups excluding carboxylic acids is 2. The van der Waals surface area contributed by atoms with Crippen molar-refractivity contribution in [3.63, 3.8) is 0 Å². The number of aryl methyl sites for hydroxylation is 1. The second-order valence-electron chi connectivity index (χ2n) is 7.50. The molecule has 0 fully saturated rings. The minimum absolute atomic E-state index is 0.00670. The van der Waals surface area contributed by atoms with E-state index in [4.69, 9.17) is 10.5 Å². The van der Waals surface area contributed by atoms with E-state index in [9.17, 15) is 22.8 Å². The maximum absolute atomic E-state index is 13.3. The molecule has 6 nitrogen and oxygen atoms in total. The molecule has 0 atom stereocenters. The van der Waals surface area contributed by atoms with E-state index in [1.54, 1.807) is 42.5 Å². The predicted octanol–water partition coefficient (Wildman–Crippen LogP) is 5.94. The van der Waals surface area contributed by atoms with Gasteiger partial charge in [0, 0.05) is 16.6 Å². The first kappa shape index (κ1) is 22.8. The van der Waals surface area contributed by atoms with Gasteiger partial charge >= 0.3 is 12.3 Å². The maximum Gasteiger partial charge on any atom is 0.416 e. The van der Waals surface area contributed by atoms with E-state index >= 15 is 0 Å². The van der Waals surface area contributed by atoms with Crippen molar-refractivity contribution < 1.29 is 27.5 Å². The number of pyridine rings is 1. The van der Waals surface area contributed by atoms with Crippen molar-refractivity contribution in [1.82, 2.24) is 4.98 Å². The number of hydrogen-bond donors (Lipinski definition) is 2. The van der Waals surface area contributed by atoms with Gasteiger partial charge in [-0.2, -0.15) is 13.2 Å². The van der Waals surface area contributed by atoms with Crippen LogP contribution in [0.2, 0.25) is 0 Å². The SMILES string of the molecule is Cc1ccc(NC(=O)c2cc3ccccc3nc2-c2ccc(OC(N)=O)cc2)cc1C(F)(F)F. The largest absolute Gasteiger partial charge is 0.416 e. The van der Waals surface area contributed by atoms with Crippen LogP contribution in [0.3, 0.4) is 0 Å². The lowest BCUT2D eigenvalue weighted by Crippen LogP contribution is -2.16. The summed E-state index contributed by atoms with van der Waals surface area (Å²) < 4.78 is 44.7. The van der Waals surface area contributed by atoms with Crippen LogP contribution in [0, 0.1) is 6.92 Å². The van der Waals surface area contributed by atoms with Crippen LogP contribution in [0.15, 0.2) is 72.8 Å². The van der Waals surface area contributed by atoms with E-state index in [2.05, 4.69) is 10.3 Å². The molecule has 0 radical (unpaired) electrons. The smallest absolute Gasteiger partial charge is 0.411 e. The number of rotatable bonds is 4. The molecule has 0 aliphatic rings. The number of ether oxygens (including phenoxy) is 1. The fraction of sp³-hybridized carbons (Fsp3) is 0.0800. The summed E-state index contributed by atoms with van der Waals surface area (Å²) in [5.74, 6) is -0.412. The molecule has 9 heteroatoms. The topological polar surface area (TPSA) is 94.3 Å². The summed E-state index contributed by atoms with van der Waals surface area (Å²) in [5, 5.41) is 3.23. The molecule has 0 bridgehead atoms. The van der Waals surface area contributed by atoms with Crippen molar-refractivity contribution >= 4 is 28.6 Å². The molecule has 4 aromatic rings. The summed E-state index contributed by atoms with van der Waals surface area (Å²) in [6.07, 6.45) is -5.51. The Morgan fingerprint density at radius 3 is 2.35 bits per heavy atom. The summed E-state index contributed by atoms with van der Waals surface area (Å²) in [4.78, 5) is 28.7. The number of hydrogen-bond acceptors (Lipinski definition) is 4.